The number of hydrogen-bond acceptors (Lipinski definition) is 3. The first-order chi connectivity index (χ1) is 12.6. The maximum absolute atomic E-state index is 12.9. The van der Waals surface area contributed by atoms with Gasteiger partial charge in [0.2, 0.25) is 0 Å². The van der Waals surface area contributed by atoms with Crippen molar-refractivity contribution in [2.75, 3.05) is 17.2 Å². The van der Waals surface area contributed by atoms with E-state index in [2.05, 4.69) is 15.6 Å². The number of carbonyl (C=O) groups excluding carboxylic acids is 1. The number of rotatable bonds is 6. The summed E-state index contributed by atoms with van der Waals surface area (Å²) in [6.07, 6.45) is 2.42. The number of aromatic nitrogens is 1. The molecule has 6 heteroatoms. The van der Waals surface area contributed by atoms with Crippen LogP contribution in [0.3, 0.4) is 0 Å². The average molecular weight is 370 g/mol. The molecule has 0 saturated carbocycles. The summed E-state index contributed by atoms with van der Waals surface area (Å²) in [4.78, 5) is 16.4. The first-order valence-electron chi connectivity index (χ1n) is 8.11. The number of anilines is 2. The molecular weight excluding hydrogens is 353 g/mol. The van der Waals surface area contributed by atoms with E-state index in [0.717, 1.165) is 23.8 Å². The highest BCUT2D eigenvalue weighted by molar-refractivity contribution is 6.30. The Morgan fingerprint density at radius 1 is 1.00 bits per heavy atom. The molecule has 0 saturated heterocycles. The molecule has 4 nitrogen and oxygen atoms in total. The van der Waals surface area contributed by atoms with Gasteiger partial charge in [0.05, 0.1) is 11.9 Å². The zero-order valence-corrected chi connectivity index (χ0v) is 14.6. The van der Waals surface area contributed by atoms with Crippen LogP contribution in [0.1, 0.15) is 15.9 Å². The minimum atomic E-state index is -0.378. The van der Waals surface area contributed by atoms with Crippen LogP contribution in [0.15, 0.2) is 66.9 Å². The molecule has 3 rings (SSSR count). The molecule has 0 aliphatic heterocycles. The maximum atomic E-state index is 12.9. The summed E-state index contributed by atoms with van der Waals surface area (Å²) in [5.74, 6) is 0.0336. The molecule has 0 radical (unpaired) electrons. The van der Waals surface area contributed by atoms with Gasteiger partial charge < -0.3 is 10.6 Å². The Labute approximate surface area is 156 Å². The van der Waals surface area contributed by atoms with Gasteiger partial charge in [-0.1, -0.05) is 23.7 Å². The minimum Gasteiger partial charge on any atom is -0.370 e. The van der Waals surface area contributed by atoms with Crippen LogP contribution in [0.25, 0.3) is 0 Å². The molecule has 0 spiro atoms. The van der Waals surface area contributed by atoms with E-state index in [0.29, 0.717) is 11.3 Å². The van der Waals surface area contributed by atoms with Gasteiger partial charge in [-0.2, -0.15) is 0 Å². The molecular formula is C20H17ClFN3O. The molecule has 0 aliphatic carbocycles. The van der Waals surface area contributed by atoms with E-state index in [4.69, 9.17) is 11.6 Å². The standard InChI is InChI=1S/C20H17ClFN3O/c21-16-5-1-14(2-6-16)11-12-23-19-10-9-18(13-24-19)25-20(26)15-3-7-17(22)8-4-15/h1-10,13H,11-12H2,(H,23,24)(H,25,26). The summed E-state index contributed by atoms with van der Waals surface area (Å²) in [6.45, 7) is 0.732. The predicted molar refractivity (Wildman–Crippen MR) is 102 cm³/mol. The molecule has 0 atom stereocenters. The van der Waals surface area contributed by atoms with Crippen molar-refractivity contribution in [2.45, 2.75) is 6.42 Å². The van der Waals surface area contributed by atoms with E-state index < -0.39 is 0 Å². The molecule has 0 aliphatic rings. The van der Waals surface area contributed by atoms with Gasteiger partial charge in [-0.05, 0) is 60.5 Å². The van der Waals surface area contributed by atoms with E-state index in [-0.39, 0.29) is 11.7 Å². The zero-order valence-electron chi connectivity index (χ0n) is 13.9. The monoisotopic (exact) mass is 369 g/mol. The van der Waals surface area contributed by atoms with Gasteiger partial charge in [0.25, 0.3) is 5.91 Å². The summed E-state index contributed by atoms with van der Waals surface area (Å²) in [6, 6.07) is 16.6. The highest BCUT2D eigenvalue weighted by Crippen LogP contribution is 2.13. The molecule has 0 fully saturated rings. The second-order valence-corrected chi connectivity index (χ2v) is 6.13. The number of nitrogens with zero attached hydrogens (tertiary/aromatic N) is 1. The van der Waals surface area contributed by atoms with Crippen LogP contribution < -0.4 is 10.6 Å². The lowest BCUT2D eigenvalue weighted by Crippen LogP contribution is -2.12. The molecule has 2 N–H and O–H groups in total. The summed E-state index contributed by atoms with van der Waals surface area (Å²) in [7, 11) is 0. The van der Waals surface area contributed by atoms with Gasteiger partial charge in [0.1, 0.15) is 11.6 Å². The average Bonchev–Trinajstić information content (AvgIpc) is 2.65. The molecule has 132 valence electrons. The van der Waals surface area contributed by atoms with E-state index in [9.17, 15) is 9.18 Å². The number of nitrogens with one attached hydrogen (secondary N) is 2. The van der Waals surface area contributed by atoms with Gasteiger partial charge in [-0.3, -0.25) is 4.79 Å². The predicted octanol–water partition coefficient (Wildman–Crippen LogP) is 4.78. The normalized spacial score (nSPS) is 10.4. The smallest absolute Gasteiger partial charge is 0.255 e. The second kappa shape index (κ2) is 8.45. The maximum Gasteiger partial charge on any atom is 0.255 e. The van der Waals surface area contributed by atoms with Crippen LogP contribution in [0.2, 0.25) is 5.02 Å². The Balaban J connectivity index is 1.50. The molecule has 1 amide bonds. The number of benzene rings is 2. The Kier molecular flexibility index (Phi) is 5.81. The van der Waals surface area contributed by atoms with Crippen molar-refractivity contribution in [2.24, 2.45) is 0 Å². The van der Waals surface area contributed by atoms with Crippen molar-refractivity contribution in [3.63, 3.8) is 0 Å². The van der Waals surface area contributed by atoms with Crippen LogP contribution in [-0.2, 0) is 6.42 Å². The van der Waals surface area contributed by atoms with Crippen molar-refractivity contribution in [1.29, 1.82) is 0 Å². The second-order valence-electron chi connectivity index (χ2n) is 5.70. The third kappa shape index (κ3) is 5.04. The van der Waals surface area contributed by atoms with Crippen molar-refractivity contribution in [3.8, 4) is 0 Å². The van der Waals surface area contributed by atoms with Crippen LogP contribution >= 0.6 is 11.6 Å². The lowest BCUT2D eigenvalue weighted by atomic mass is 10.1. The molecule has 1 aromatic heterocycles. The highest BCUT2D eigenvalue weighted by atomic mass is 35.5. The van der Waals surface area contributed by atoms with Gasteiger partial charge in [-0.25, -0.2) is 9.37 Å². The summed E-state index contributed by atoms with van der Waals surface area (Å²) in [5.41, 5.74) is 2.14. The summed E-state index contributed by atoms with van der Waals surface area (Å²) >= 11 is 5.87. The summed E-state index contributed by atoms with van der Waals surface area (Å²) < 4.78 is 12.9. The van der Waals surface area contributed by atoms with E-state index in [1.165, 1.54) is 29.8 Å². The van der Waals surface area contributed by atoms with Crippen molar-refractivity contribution >= 4 is 29.0 Å². The van der Waals surface area contributed by atoms with Gasteiger partial charge in [-0.15, -0.1) is 0 Å². The molecule has 0 bridgehead atoms. The number of amides is 1. The first-order valence-corrected chi connectivity index (χ1v) is 8.49. The fourth-order valence-corrected chi connectivity index (χ4v) is 2.49. The highest BCUT2D eigenvalue weighted by Gasteiger charge is 2.06. The fraction of sp³-hybridized carbons (Fsp3) is 0.100. The topological polar surface area (TPSA) is 54.0 Å². The Bertz CT molecular complexity index is 865. The lowest BCUT2D eigenvalue weighted by molar-refractivity contribution is 0.102. The van der Waals surface area contributed by atoms with E-state index in [1.54, 1.807) is 18.3 Å². The summed E-state index contributed by atoms with van der Waals surface area (Å²) in [5, 5.41) is 6.68. The van der Waals surface area contributed by atoms with Crippen LogP contribution in [-0.4, -0.2) is 17.4 Å². The van der Waals surface area contributed by atoms with Crippen LogP contribution in [0.4, 0.5) is 15.9 Å². The Morgan fingerprint density at radius 2 is 1.73 bits per heavy atom. The quantitative estimate of drug-likeness (QED) is 0.657. The van der Waals surface area contributed by atoms with Gasteiger partial charge in [0, 0.05) is 17.1 Å². The lowest BCUT2D eigenvalue weighted by Gasteiger charge is -2.08. The van der Waals surface area contributed by atoms with Crippen molar-refractivity contribution < 1.29 is 9.18 Å². The van der Waals surface area contributed by atoms with Crippen molar-refractivity contribution in [1.82, 2.24) is 4.98 Å². The van der Waals surface area contributed by atoms with Crippen LogP contribution in [0.5, 0.6) is 0 Å². The first kappa shape index (κ1) is 17.9. The zero-order chi connectivity index (χ0) is 18.4. The van der Waals surface area contributed by atoms with Crippen LogP contribution in [0, 0.1) is 5.82 Å². The van der Waals surface area contributed by atoms with E-state index >= 15 is 0 Å². The Hall–Kier alpha value is -2.92. The third-order valence-corrected chi connectivity index (χ3v) is 4.01. The molecule has 1 heterocycles. The third-order valence-electron chi connectivity index (χ3n) is 3.76. The molecule has 2 aromatic carbocycles. The van der Waals surface area contributed by atoms with Gasteiger partial charge in [0.15, 0.2) is 0 Å². The number of pyridine rings is 1. The van der Waals surface area contributed by atoms with E-state index in [1.807, 2.05) is 24.3 Å². The SMILES string of the molecule is O=C(Nc1ccc(NCCc2ccc(Cl)cc2)nc1)c1ccc(F)cc1. The van der Waals surface area contributed by atoms with Crippen molar-refractivity contribution in [3.05, 3.63) is 88.8 Å². The molecule has 3 aromatic rings. The Morgan fingerprint density at radius 3 is 2.38 bits per heavy atom. The largest absolute Gasteiger partial charge is 0.370 e. The number of hydrogen-bond donors (Lipinski definition) is 2. The molecule has 26 heavy (non-hydrogen) atoms. The minimum absolute atomic E-state index is 0.310. The fourth-order valence-electron chi connectivity index (χ4n) is 2.36. The number of carbonyl (C=O) groups is 1. The van der Waals surface area contributed by atoms with Gasteiger partial charge >= 0.3 is 0 Å². The number of halogens is 2. The molecule has 0 unspecified atom stereocenters.